The second-order valence-corrected chi connectivity index (χ2v) is 7.48. The second kappa shape index (κ2) is 8.42. The summed E-state index contributed by atoms with van der Waals surface area (Å²) in [5.41, 5.74) is 3.76. The number of nitrogens with zero attached hydrogens (tertiary/aromatic N) is 5. The predicted molar refractivity (Wildman–Crippen MR) is 114 cm³/mol. The Balaban J connectivity index is 1.55. The number of rotatable bonds is 7. The van der Waals surface area contributed by atoms with Gasteiger partial charge in [0.1, 0.15) is 0 Å². The van der Waals surface area contributed by atoms with Crippen LogP contribution in [0.5, 0.6) is 0 Å². The van der Waals surface area contributed by atoms with E-state index in [1.54, 1.807) is 10.6 Å². The third-order valence-corrected chi connectivity index (χ3v) is 5.52. The van der Waals surface area contributed by atoms with E-state index in [2.05, 4.69) is 34.4 Å². The molecular formula is C21H17N5O3S. The van der Waals surface area contributed by atoms with Crippen molar-refractivity contribution >= 4 is 28.9 Å². The van der Waals surface area contributed by atoms with Crippen LogP contribution in [0.25, 0.3) is 16.9 Å². The first-order valence-electron chi connectivity index (χ1n) is 9.27. The van der Waals surface area contributed by atoms with Crippen LogP contribution in [0.2, 0.25) is 0 Å². The molecule has 4 aromatic rings. The molecule has 0 aliphatic heterocycles. The summed E-state index contributed by atoms with van der Waals surface area (Å²) in [5.74, 6) is -0.161. The van der Waals surface area contributed by atoms with Gasteiger partial charge in [-0.1, -0.05) is 55.1 Å². The normalized spacial score (nSPS) is 11.0. The zero-order valence-corrected chi connectivity index (χ0v) is 16.9. The lowest BCUT2D eigenvalue weighted by Gasteiger charge is -2.04. The lowest BCUT2D eigenvalue weighted by molar-refractivity contribution is -0.384. The van der Waals surface area contributed by atoms with E-state index in [0.29, 0.717) is 10.8 Å². The van der Waals surface area contributed by atoms with Crippen LogP contribution in [0.4, 0.5) is 5.69 Å². The van der Waals surface area contributed by atoms with Gasteiger partial charge in [-0.3, -0.25) is 14.9 Å². The van der Waals surface area contributed by atoms with E-state index in [9.17, 15) is 14.9 Å². The number of nitro groups is 1. The fourth-order valence-corrected chi connectivity index (χ4v) is 3.71. The lowest BCUT2D eigenvalue weighted by atomic mass is 10.1. The number of hydrogen-bond acceptors (Lipinski definition) is 7. The van der Waals surface area contributed by atoms with E-state index in [4.69, 9.17) is 0 Å². The van der Waals surface area contributed by atoms with Crippen molar-refractivity contribution in [2.24, 2.45) is 0 Å². The molecule has 0 radical (unpaired) electrons. The Labute approximate surface area is 176 Å². The zero-order chi connectivity index (χ0) is 21.1. The van der Waals surface area contributed by atoms with Crippen LogP contribution in [0, 0.1) is 10.1 Å². The van der Waals surface area contributed by atoms with E-state index in [1.165, 1.54) is 35.5 Å². The molecule has 2 aromatic carbocycles. The Hall–Kier alpha value is -3.59. The Morgan fingerprint density at radius 1 is 1.10 bits per heavy atom. The molecule has 0 atom stereocenters. The number of thioether (sulfide) groups is 1. The summed E-state index contributed by atoms with van der Waals surface area (Å²) in [7, 11) is 0. The average molecular weight is 419 g/mol. The molecule has 2 heterocycles. The summed E-state index contributed by atoms with van der Waals surface area (Å²) in [6, 6.07) is 17.6. The molecule has 0 spiro atoms. The van der Waals surface area contributed by atoms with Crippen molar-refractivity contribution < 1.29 is 9.72 Å². The molecule has 30 heavy (non-hydrogen) atoms. The zero-order valence-electron chi connectivity index (χ0n) is 16.1. The van der Waals surface area contributed by atoms with E-state index in [-0.39, 0.29) is 22.8 Å². The minimum Gasteiger partial charge on any atom is -0.293 e. The fourth-order valence-electron chi connectivity index (χ4n) is 2.93. The minimum atomic E-state index is -0.519. The quantitative estimate of drug-likeness (QED) is 0.191. The number of hydrogen-bond donors (Lipinski definition) is 0. The van der Waals surface area contributed by atoms with E-state index in [0.717, 1.165) is 17.7 Å². The molecule has 0 bridgehead atoms. The topological polar surface area (TPSA) is 103 Å². The monoisotopic (exact) mass is 419 g/mol. The number of benzene rings is 2. The number of carbonyl (C=O) groups excluding carboxylic acids is 1. The SMILES string of the molecule is CCc1ccc(-c2ccc3nnc(SCC(=O)c4cccc([N+](=O)[O-])c4)n3n2)cc1. The number of aromatic nitrogens is 4. The highest BCUT2D eigenvalue weighted by Crippen LogP contribution is 2.22. The molecule has 0 fully saturated rings. The molecule has 8 nitrogen and oxygen atoms in total. The van der Waals surface area contributed by atoms with Crippen LogP contribution < -0.4 is 0 Å². The highest BCUT2D eigenvalue weighted by molar-refractivity contribution is 7.99. The lowest BCUT2D eigenvalue weighted by Crippen LogP contribution is -2.04. The summed E-state index contributed by atoms with van der Waals surface area (Å²) >= 11 is 1.19. The Kier molecular flexibility index (Phi) is 5.53. The summed E-state index contributed by atoms with van der Waals surface area (Å²) < 4.78 is 1.61. The fraction of sp³-hybridized carbons (Fsp3) is 0.143. The number of nitro benzene ring substituents is 1. The van der Waals surface area contributed by atoms with Gasteiger partial charge in [-0.2, -0.15) is 9.61 Å². The number of aryl methyl sites for hydroxylation is 1. The number of ketones is 1. The summed E-state index contributed by atoms with van der Waals surface area (Å²) in [6.07, 6.45) is 0.970. The molecule has 0 N–H and O–H groups in total. The van der Waals surface area contributed by atoms with Crippen LogP contribution in [0.3, 0.4) is 0 Å². The van der Waals surface area contributed by atoms with Crippen LogP contribution >= 0.6 is 11.8 Å². The third-order valence-electron chi connectivity index (χ3n) is 4.60. The number of non-ortho nitro benzene ring substituents is 1. The van der Waals surface area contributed by atoms with Crippen LogP contribution in [0.15, 0.2) is 65.8 Å². The van der Waals surface area contributed by atoms with E-state index >= 15 is 0 Å². The Morgan fingerprint density at radius 2 is 1.90 bits per heavy atom. The summed E-state index contributed by atoms with van der Waals surface area (Å²) in [4.78, 5) is 22.9. The first kappa shape index (κ1) is 19.7. The molecule has 150 valence electrons. The van der Waals surface area contributed by atoms with Crippen LogP contribution in [0.1, 0.15) is 22.8 Å². The molecule has 0 unspecified atom stereocenters. The highest BCUT2D eigenvalue weighted by Gasteiger charge is 2.15. The van der Waals surface area contributed by atoms with Gasteiger partial charge in [0.05, 0.1) is 16.4 Å². The number of fused-ring (bicyclic) bond motifs is 1. The maximum Gasteiger partial charge on any atom is 0.270 e. The molecule has 0 amide bonds. The van der Waals surface area contributed by atoms with Gasteiger partial charge < -0.3 is 0 Å². The standard InChI is InChI=1S/C21H17N5O3S/c1-2-14-6-8-15(9-7-14)18-10-11-20-22-23-21(25(20)24-18)30-13-19(27)16-4-3-5-17(12-16)26(28)29/h3-12H,2,13H2,1H3. The molecule has 0 saturated heterocycles. The van der Waals surface area contributed by atoms with Crippen molar-refractivity contribution in [3.8, 4) is 11.3 Å². The van der Waals surface area contributed by atoms with Crippen molar-refractivity contribution in [2.75, 3.05) is 5.75 Å². The molecule has 2 aromatic heterocycles. The molecule has 4 rings (SSSR count). The maximum atomic E-state index is 12.5. The summed E-state index contributed by atoms with van der Waals surface area (Å²) in [6.45, 7) is 2.11. The second-order valence-electron chi connectivity index (χ2n) is 6.54. The van der Waals surface area contributed by atoms with Crippen LogP contribution in [-0.4, -0.2) is 36.3 Å². The van der Waals surface area contributed by atoms with E-state index in [1.807, 2.05) is 24.3 Å². The molecular weight excluding hydrogens is 402 g/mol. The molecule has 9 heteroatoms. The Bertz CT molecular complexity index is 1240. The maximum absolute atomic E-state index is 12.5. The van der Waals surface area contributed by atoms with Gasteiger partial charge in [0.25, 0.3) is 5.69 Å². The van der Waals surface area contributed by atoms with Crippen molar-refractivity contribution in [1.82, 2.24) is 19.8 Å². The molecule has 0 aliphatic carbocycles. The van der Waals surface area contributed by atoms with Gasteiger partial charge in [-0.15, -0.1) is 10.2 Å². The van der Waals surface area contributed by atoms with Gasteiger partial charge in [0.2, 0.25) is 5.16 Å². The van der Waals surface area contributed by atoms with Gasteiger partial charge in [0.15, 0.2) is 11.4 Å². The predicted octanol–water partition coefficient (Wildman–Crippen LogP) is 4.24. The highest BCUT2D eigenvalue weighted by atomic mass is 32.2. The van der Waals surface area contributed by atoms with Crippen molar-refractivity contribution in [2.45, 2.75) is 18.5 Å². The number of Topliss-reactive ketones (excluding diaryl/α,β-unsaturated/α-hetero) is 1. The van der Waals surface area contributed by atoms with Gasteiger partial charge >= 0.3 is 0 Å². The first-order valence-corrected chi connectivity index (χ1v) is 10.3. The third kappa shape index (κ3) is 4.06. The molecule has 0 saturated carbocycles. The van der Waals surface area contributed by atoms with Crippen molar-refractivity contribution in [1.29, 1.82) is 0 Å². The Morgan fingerprint density at radius 3 is 2.63 bits per heavy atom. The minimum absolute atomic E-state index is 0.0685. The smallest absolute Gasteiger partial charge is 0.270 e. The summed E-state index contributed by atoms with van der Waals surface area (Å²) in [5, 5.41) is 24.2. The van der Waals surface area contributed by atoms with E-state index < -0.39 is 4.92 Å². The first-order chi connectivity index (χ1) is 14.5. The van der Waals surface area contributed by atoms with Gasteiger partial charge in [-0.25, -0.2) is 0 Å². The van der Waals surface area contributed by atoms with Crippen molar-refractivity contribution in [3.63, 3.8) is 0 Å². The van der Waals surface area contributed by atoms with Crippen LogP contribution in [-0.2, 0) is 6.42 Å². The van der Waals surface area contributed by atoms with Gasteiger partial charge in [0, 0.05) is 23.3 Å². The largest absolute Gasteiger partial charge is 0.293 e. The van der Waals surface area contributed by atoms with Gasteiger partial charge in [-0.05, 0) is 24.1 Å². The number of carbonyl (C=O) groups is 1. The van der Waals surface area contributed by atoms with Crippen molar-refractivity contribution in [3.05, 3.63) is 81.9 Å². The average Bonchev–Trinajstić information content (AvgIpc) is 3.19. The molecule has 0 aliphatic rings.